The Morgan fingerprint density at radius 3 is 2.88 bits per heavy atom. The van der Waals surface area contributed by atoms with Gasteiger partial charge in [0.05, 0.1) is 12.9 Å². The third-order valence-electron chi connectivity index (χ3n) is 4.00. The van der Waals surface area contributed by atoms with Crippen LogP contribution in [0.3, 0.4) is 0 Å². The van der Waals surface area contributed by atoms with Crippen molar-refractivity contribution in [3.63, 3.8) is 0 Å². The quantitative estimate of drug-likeness (QED) is 0.304. The van der Waals surface area contributed by atoms with Crippen molar-refractivity contribution in [2.45, 2.75) is 31.0 Å². The van der Waals surface area contributed by atoms with E-state index in [2.05, 4.69) is 32.1 Å². The number of nitrogen functional groups attached to an aromatic ring is 1. The van der Waals surface area contributed by atoms with Crippen LogP contribution >= 0.6 is 0 Å². The normalized spacial score (nSPS) is 25.9. The van der Waals surface area contributed by atoms with Gasteiger partial charge in [0.1, 0.15) is 30.2 Å². The number of fused-ring (bicyclic) bond motifs is 1. The molecule has 1 aliphatic rings. The summed E-state index contributed by atoms with van der Waals surface area (Å²) in [5, 5.41) is 23.7. The molecule has 10 nitrogen and oxygen atoms in total. The van der Waals surface area contributed by atoms with Gasteiger partial charge in [-0.2, -0.15) is 0 Å². The Kier molecular flexibility index (Phi) is 5.42. The molecular weight excluding hydrogens is 326 g/mol. The number of aliphatic hydroxyl groups excluding tert-OH is 2. The second kappa shape index (κ2) is 7.73. The topological polar surface area (TPSA) is 157 Å². The van der Waals surface area contributed by atoms with Gasteiger partial charge in [-0.15, -0.1) is 5.92 Å². The Morgan fingerprint density at radius 2 is 2.08 bits per heavy atom. The average molecular weight is 347 g/mol. The highest BCUT2D eigenvalue weighted by atomic mass is 16.6. The Balaban J connectivity index is 1.66. The van der Waals surface area contributed by atoms with Crippen molar-refractivity contribution in [1.82, 2.24) is 24.8 Å². The molecule has 0 radical (unpaired) electrons. The summed E-state index contributed by atoms with van der Waals surface area (Å²) in [7, 11) is 0. The Hall–Kier alpha value is -2.29. The number of anilines is 1. The van der Waals surface area contributed by atoms with Crippen molar-refractivity contribution in [3.05, 3.63) is 12.7 Å². The molecule has 2 aromatic heterocycles. The van der Waals surface area contributed by atoms with Crippen molar-refractivity contribution >= 4 is 17.0 Å². The zero-order valence-electron chi connectivity index (χ0n) is 13.5. The molecule has 0 spiro atoms. The van der Waals surface area contributed by atoms with E-state index < -0.39 is 24.5 Å². The van der Waals surface area contributed by atoms with Gasteiger partial charge in [-0.05, 0) is 0 Å². The maximum absolute atomic E-state index is 10.3. The molecule has 0 amide bonds. The molecular formula is C15H21N7O3. The van der Waals surface area contributed by atoms with Crippen LogP contribution in [-0.2, 0) is 4.74 Å². The van der Waals surface area contributed by atoms with Gasteiger partial charge in [-0.3, -0.25) is 4.57 Å². The molecule has 0 aromatic carbocycles. The molecule has 2 aromatic rings. The predicted octanol–water partition coefficient (Wildman–Crippen LogP) is -2.03. The molecule has 7 N–H and O–H groups in total. The molecule has 0 saturated carbocycles. The van der Waals surface area contributed by atoms with E-state index in [1.807, 2.05) is 0 Å². The van der Waals surface area contributed by atoms with Gasteiger partial charge in [0.2, 0.25) is 0 Å². The molecule has 0 unspecified atom stereocenters. The lowest BCUT2D eigenvalue weighted by Crippen LogP contribution is -2.37. The van der Waals surface area contributed by atoms with Gasteiger partial charge >= 0.3 is 0 Å². The Morgan fingerprint density at radius 1 is 1.24 bits per heavy atom. The zero-order valence-corrected chi connectivity index (χ0v) is 13.5. The fraction of sp³-hybridized carbons (Fsp3) is 0.533. The minimum Gasteiger partial charge on any atom is -0.387 e. The van der Waals surface area contributed by atoms with Gasteiger partial charge in [0.15, 0.2) is 17.7 Å². The van der Waals surface area contributed by atoms with E-state index in [1.54, 1.807) is 4.57 Å². The van der Waals surface area contributed by atoms with Gasteiger partial charge in [0, 0.05) is 19.5 Å². The summed E-state index contributed by atoms with van der Waals surface area (Å²) in [4.78, 5) is 12.2. The summed E-state index contributed by atoms with van der Waals surface area (Å²) in [5.41, 5.74) is 11.9. The first kappa shape index (κ1) is 17.5. The Labute approximate surface area is 144 Å². The number of aromatic nitrogens is 4. The highest BCUT2D eigenvalue weighted by Gasteiger charge is 2.44. The first-order chi connectivity index (χ1) is 12.1. The van der Waals surface area contributed by atoms with E-state index in [-0.39, 0.29) is 5.82 Å². The third-order valence-corrected chi connectivity index (χ3v) is 4.00. The average Bonchev–Trinajstić information content (AvgIpc) is 3.15. The van der Waals surface area contributed by atoms with Crippen LogP contribution in [0.25, 0.3) is 11.2 Å². The maximum atomic E-state index is 10.3. The predicted molar refractivity (Wildman–Crippen MR) is 90.0 cm³/mol. The van der Waals surface area contributed by atoms with E-state index >= 15 is 0 Å². The minimum absolute atomic E-state index is 0.244. The smallest absolute Gasteiger partial charge is 0.167 e. The molecule has 0 aliphatic carbocycles. The number of hydrogen-bond donors (Lipinski definition) is 5. The van der Waals surface area contributed by atoms with Crippen LogP contribution in [0.2, 0.25) is 0 Å². The monoisotopic (exact) mass is 347 g/mol. The van der Waals surface area contributed by atoms with E-state index in [1.165, 1.54) is 12.7 Å². The first-order valence-corrected chi connectivity index (χ1v) is 7.94. The van der Waals surface area contributed by atoms with E-state index in [9.17, 15) is 10.2 Å². The second-order valence-corrected chi connectivity index (χ2v) is 5.64. The summed E-state index contributed by atoms with van der Waals surface area (Å²) in [6, 6.07) is 0. The van der Waals surface area contributed by atoms with Crippen LogP contribution < -0.4 is 16.8 Å². The van der Waals surface area contributed by atoms with Crippen LogP contribution in [0.4, 0.5) is 5.82 Å². The highest BCUT2D eigenvalue weighted by molar-refractivity contribution is 5.81. The summed E-state index contributed by atoms with van der Waals surface area (Å²) >= 11 is 0. The molecule has 10 heteroatoms. The first-order valence-electron chi connectivity index (χ1n) is 7.94. The lowest BCUT2D eigenvalue weighted by molar-refractivity contribution is -0.0340. The molecule has 0 bridgehead atoms. The van der Waals surface area contributed by atoms with Crippen LogP contribution in [0.5, 0.6) is 0 Å². The molecule has 3 rings (SSSR count). The SMILES string of the molecule is NCC#CCCNC[C@H]1O[C@@H](n2cnc3c(N)ncnc32)[C@H](O)[C@@H]1O. The van der Waals surface area contributed by atoms with Crippen molar-refractivity contribution in [2.24, 2.45) is 5.73 Å². The van der Waals surface area contributed by atoms with Crippen LogP contribution in [0.1, 0.15) is 12.6 Å². The van der Waals surface area contributed by atoms with Crippen molar-refractivity contribution < 1.29 is 14.9 Å². The number of nitrogens with one attached hydrogen (secondary N) is 1. The molecule has 1 fully saturated rings. The van der Waals surface area contributed by atoms with E-state index in [0.29, 0.717) is 37.2 Å². The number of hydrogen-bond acceptors (Lipinski definition) is 9. The molecule has 1 saturated heterocycles. The van der Waals surface area contributed by atoms with Gasteiger partial charge in [-0.25, -0.2) is 15.0 Å². The summed E-state index contributed by atoms with van der Waals surface area (Å²) in [5.74, 6) is 5.93. The molecule has 25 heavy (non-hydrogen) atoms. The van der Waals surface area contributed by atoms with Crippen molar-refractivity contribution in [3.8, 4) is 11.8 Å². The lowest BCUT2D eigenvalue weighted by atomic mass is 10.1. The second-order valence-electron chi connectivity index (χ2n) is 5.64. The van der Waals surface area contributed by atoms with Crippen LogP contribution in [0.15, 0.2) is 12.7 Å². The molecule has 1 aliphatic heterocycles. The minimum atomic E-state index is -1.11. The lowest BCUT2D eigenvalue weighted by Gasteiger charge is -2.16. The number of nitrogens with zero attached hydrogens (tertiary/aromatic N) is 4. The van der Waals surface area contributed by atoms with Gasteiger partial charge in [-0.1, -0.05) is 5.92 Å². The van der Waals surface area contributed by atoms with Gasteiger partial charge in [0.25, 0.3) is 0 Å². The van der Waals surface area contributed by atoms with Crippen LogP contribution in [0, 0.1) is 11.8 Å². The fourth-order valence-corrected chi connectivity index (χ4v) is 2.74. The van der Waals surface area contributed by atoms with Crippen molar-refractivity contribution in [2.75, 3.05) is 25.4 Å². The van der Waals surface area contributed by atoms with Crippen molar-refractivity contribution in [1.29, 1.82) is 0 Å². The largest absolute Gasteiger partial charge is 0.387 e. The molecule has 4 atom stereocenters. The third kappa shape index (κ3) is 3.55. The summed E-state index contributed by atoms with van der Waals surface area (Å²) in [6.07, 6.45) is -0.100. The highest BCUT2D eigenvalue weighted by Crippen LogP contribution is 2.31. The van der Waals surface area contributed by atoms with E-state index in [0.717, 1.165) is 0 Å². The standard InChI is InChI=1S/C15H21N7O3/c16-4-2-1-3-5-18-6-9-11(23)12(24)15(25-9)22-8-21-10-13(17)19-7-20-14(10)22/h7-9,11-12,15,18,23-24H,3-6,16H2,(H2,17,19,20)/t9-,11-,12-,15-/m1/s1. The number of ether oxygens (including phenoxy) is 1. The number of imidazole rings is 1. The summed E-state index contributed by atoms with van der Waals surface area (Å²) in [6.45, 7) is 1.35. The van der Waals surface area contributed by atoms with E-state index in [4.69, 9.17) is 16.2 Å². The molecule has 3 heterocycles. The number of aliphatic hydroxyl groups is 2. The van der Waals surface area contributed by atoms with Gasteiger partial charge < -0.3 is 31.7 Å². The summed E-state index contributed by atoms with van der Waals surface area (Å²) < 4.78 is 7.36. The zero-order chi connectivity index (χ0) is 17.8. The molecule has 134 valence electrons. The Bertz CT molecular complexity index is 784. The number of rotatable bonds is 5. The number of nitrogens with two attached hydrogens (primary N) is 2. The van der Waals surface area contributed by atoms with Crippen LogP contribution in [-0.4, -0.2) is 67.7 Å². The maximum Gasteiger partial charge on any atom is 0.167 e. The fourth-order valence-electron chi connectivity index (χ4n) is 2.74.